The Bertz CT molecular complexity index is 772. The molecule has 3 rings (SSSR count). The average Bonchev–Trinajstić information content (AvgIpc) is 3.21. The summed E-state index contributed by atoms with van der Waals surface area (Å²) in [6.45, 7) is 7.49. The van der Waals surface area contributed by atoms with E-state index in [4.69, 9.17) is 4.74 Å². The molecule has 0 bridgehead atoms. The minimum absolute atomic E-state index is 0.000202. The molecule has 1 aliphatic heterocycles. The summed E-state index contributed by atoms with van der Waals surface area (Å²) in [4.78, 5) is 4.61. The third-order valence-electron chi connectivity index (χ3n) is 4.13. The number of aromatic nitrogens is 3. The second-order valence-corrected chi connectivity index (χ2v) is 5.91. The number of hydrogen-bond donors (Lipinski definition) is 2. The number of nitrogens with one attached hydrogen (secondary N) is 2. The fourth-order valence-electron chi connectivity index (χ4n) is 2.88. The van der Waals surface area contributed by atoms with E-state index in [0.717, 1.165) is 17.9 Å². The topological polar surface area (TPSA) is 76.4 Å². The molecule has 0 spiro atoms. The molecule has 1 aromatic carbocycles. The van der Waals surface area contributed by atoms with Crippen molar-refractivity contribution in [2.45, 2.75) is 39.9 Å². The maximum Gasteiger partial charge on any atom is 0.206 e. The van der Waals surface area contributed by atoms with Crippen LogP contribution in [0.2, 0.25) is 0 Å². The van der Waals surface area contributed by atoms with Gasteiger partial charge in [0.15, 0.2) is 0 Å². The number of fused-ring (bicyclic) bond motifs is 1. The molecule has 7 nitrogen and oxygen atoms in total. The van der Waals surface area contributed by atoms with Crippen LogP contribution in [0.1, 0.15) is 30.8 Å². The van der Waals surface area contributed by atoms with Crippen molar-refractivity contribution in [2.24, 2.45) is 4.99 Å². The molecule has 0 amide bonds. The molecule has 1 unspecified atom stereocenters. The van der Waals surface area contributed by atoms with Gasteiger partial charge in [-0.1, -0.05) is 6.92 Å². The highest BCUT2D eigenvalue weighted by Gasteiger charge is 2.19. The van der Waals surface area contributed by atoms with E-state index in [-0.39, 0.29) is 18.5 Å². The van der Waals surface area contributed by atoms with E-state index in [1.165, 1.54) is 6.07 Å². The highest BCUT2D eigenvalue weighted by atomic mass is 19.1. The quantitative estimate of drug-likeness (QED) is 0.489. The van der Waals surface area contributed by atoms with Crippen LogP contribution in [0.15, 0.2) is 23.5 Å². The predicted molar refractivity (Wildman–Crippen MR) is 93.2 cm³/mol. The molecule has 1 aromatic heterocycles. The lowest BCUT2D eigenvalue weighted by molar-refractivity contribution is 0.356. The van der Waals surface area contributed by atoms with Crippen LogP contribution in [0, 0.1) is 12.7 Å². The van der Waals surface area contributed by atoms with Crippen molar-refractivity contribution in [2.75, 3.05) is 13.2 Å². The van der Waals surface area contributed by atoms with E-state index in [2.05, 4.69) is 25.8 Å². The molecule has 2 aromatic rings. The fraction of sp³-hybridized carbons (Fsp3) is 0.471. The minimum atomic E-state index is -0.257. The molecular formula is C17H23FN6O. The van der Waals surface area contributed by atoms with Crippen molar-refractivity contribution in [3.63, 3.8) is 0 Å². The Labute approximate surface area is 146 Å². The number of halogens is 1. The zero-order valence-electron chi connectivity index (χ0n) is 14.7. The smallest absolute Gasteiger partial charge is 0.206 e. The summed E-state index contributed by atoms with van der Waals surface area (Å²) in [5, 5.41) is 14.5. The van der Waals surface area contributed by atoms with Gasteiger partial charge in [0.2, 0.25) is 5.96 Å². The Morgan fingerprint density at radius 1 is 1.48 bits per heavy atom. The van der Waals surface area contributed by atoms with E-state index in [9.17, 15) is 4.39 Å². The van der Waals surface area contributed by atoms with Gasteiger partial charge in [-0.2, -0.15) is 0 Å². The standard InChI is InChI=1S/C17H23FN6O/c1-4-19-11(2)22-17(24-10-21-23-12(24)3)20-9-14-13-7-8-25-16(13)6-5-15(14)18/h5-6,10-11,19H,4,7-9H2,1-3H3,(H,20,22). The average molecular weight is 346 g/mol. The second-order valence-electron chi connectivity index (χ2n) is 5.91. The van der Waals surface area contributed by atoms with Gasteiger partial charge in [0.05, 0.1) is 19.3 Å². The Hall–Kier alpha value is -2.48. The first-order valence-corrected chi connectivity index (χ1v) is 8.44. The van der Waals surface area contributed by atoms with Crippen molar-refractivity contribution in [1.82, 2.24) is 25.4 Å². The van der Waals surface area contributed by atoms with Crippen LogP contribution >= 0.6 is 0 Å². The first kappa shape index (κ1) is 17.3. The number of hydrogen-bond acceptors (Lipinski definition) is 5. The molecule has 25 heavy (non-hydrogen) atoms. The summed E-state index contributed by atoms with van der Waals surface area (Å²) in [6, 6.07) is 3.12. The third kappa shape index (κ3) is 3.79. The van der Waals surface area contributed by atoms with Crippen LogP contribution in [-0.2, 0) is 13.0 Å². The molecule has 1 atom stereocenters. The third-order valence-corrected chi connectivity index (χ3v) is 4.13. The normalized spacial score (nSPS) is 15.0. The van der Waals surface area contributed by atoms with E-state index in [1.54, 1.807) is 17.0 Å². The van der Waals surface area contributed by atoms with Gasteiger partial charge >= 0.3 is 0 Å². The number of aliphatic imine (C=N–C) groups is 1. The van der Waals surface area contributed by atoms with Gasteiger partial charge in [0.1, 0.15) is 23.7 Å². The van der Waals surface area contributed by atoms with Crippen molar-refractivity contribution in [3.8, 4) is 5.75 Å². The molecule has 1 aliphatic rings. The first-order chi connectivity index (χ1) is 12.1. The maximum atomic E-state index is 14.3. The van der Waals surface area contributed by atoms with Crippen LogP contribution in [0.5, 0.6) is 5.75 Å². The molecule has 0 saturated carbocycles. The zero-order chi connectivity index (χ0) is 17.8. The number of benzene rings is 1. The number of nitrogens with zero attached hydrogens (tertiary/aromatic N) is 4. The summed E-state index contributed by atoms with van der Waals surface area (Å²) in [7, 11) is 0. The molecule has 8 heteroatoms. The van der Waals surface area contributed by atoms with Gasteiger partial charge in [-0.25, -0.2) is 9.38 Å². The Kier molecular flexibility index (Phi) is 5.28. The lowest BCUT2D eigenvalue weighted by atomic mass is 10.0. The summed E-state index contributed by atoms with van der Waals surface area (Å²) in [6.07, 6.45) is 2.30. The van der Waals surface area contributed by atoms with Gasteiger partial charge in [-0.15, -0.1) is 10.2 Å². The van der Waals surface area contributed by atoms with Crippen LogP contribution in [0.25, 0.3) is 0 Å². The monoisotopic (exact) mass is 346 g/mol. The summed E-state index contributed by atoms with van der Waals surface area (Å²) in [5.41, 5.74) is 1.49. The number of aryl methyl sites for hydroxylation is 1. The van der Waals surface area contributed by atoms with Crippen molar-refractivity contribution < 1.29 is 9.13 Å². The number of rotatable bonds is 5. The van der Waals surface area contributed by atoms with Gasteiger partial charge in [-0.3, -0.25) is 9.88 Å². The van der Waals surface area contributed by atoms with Crippen molar-refractivity contribution in [1.29, 1.82) is 0 Å². The van der Waals surface area contributed by atoms with Gasteiger partial charge in [0, 0.05) is 17.5 Å². The van der Waals surface area contributed by atoms with Crippen LogP contribution < -0.4 is 15.4 Å². The SMILES string of the molecule is CCNC(C)NC(=NCc1c(F)ccc2c1CCO2)n1cnnc1C. The maximum absolute atomic E-state index is 14.3. The van der Waals surface area contributed by atoms with E-state index < -0.39 is 0 Å². The molecule has 0 saturated heterocycles. The summed E-state index contributed by atoms with van der Waals surface area (Å²) >= 11 is 0. The van der Waals surface area contributed by atoms with Crippen LogP contribution in [0.4, 0.5) is 4.39 Å². The Balaban J connectivity index is 1.89. The first-order valence-electron chi connectivity index (χ1n) is 8.44. The summed E-state index contributed by atoms with van der Waals surface area (Å²) in [5.74, 6) is 1.78. The van der Waals surface area contributed by atoms with E-state index >= 15 is 0 Å². The Morgan fingerprint density at radius 3 is 3.04 bits per heavy atom. The molecule has 2 N–H and O–H groups in total. The fourth-order valence-corrected chi connectivity index (χ4v) is 2.88. The Morgan fingerprint density at radius 2 is 2.32 bits per heavy atom. The predicted octanol–water partition coefficient (Wildman–Crippen LogP) is 1.61. The highest BCUT2D eigenvalue weighted by Crippen LogP contribution is 2.30. The van der Waals surface area contributed by atoms with E-state index in [1.807, 2.05) is 20.8 Å². The number of ether oxygens (including phenoxy) is 1. The van der Waals surface area contributed by atoms with Gasteiger partial charge in [-0.05, 0) is 32.5 Å². The van der Waals surface area contributed by atoms with Gasteiger partial charge in [0.25, 0.3) is 0 Å². The summed E-state index contributed by atoms with van der Waals surface area (Å²) < 4.78 is 21.6. The van der Waals surface area contributed by atoms with Crippen LogP contribution in [-0.4, -0.2) is 40.0 Å². The molecule has 0 fully saturated rings. The van der Waals surface area contributed by atoms with Crippen molar-refractivity contribution >= 4 is 5.96 Å². The minimum Gasteiger partial charge on any atom is -0.493 e. The highest BCUT2D eigenvalue weighted by molar-refractivity contribution is 5.82. The van der Waals surface area contributed by atoms with E-state index in [0.29, 0.717) is 30.4 Å². The second kappa shape index (κ2) is 7.60. The van der Waals surface area contributed by atoms with Crippen molar-refractivity contribution in [3.05, 3.63) is 41.2 Å². The zero-order valence-corrected chi connectivity index (χ0v) is 14.7. The lowest BCUT2D eigenvalue weighted by Crippen LogP contribution is -2.45. The van der Waals surface area contributed by atoms with Crippen LogP contribution in [0.3, 0.4) is 0 Å². The molecule has 0 aliphatic carbocycles. The molecule has 2 heterocycles. The molecule has 0 radical (unpaired) electrons. The largest absolute Gasteiger partial charge is 0.493 e. The molecular weight excluding hydrogens is 323 g/mol. The molecule has 134 valence electrons. The van der Waals surface area contributed by atoms with Gasteiger partial charge < -0.3 is 10.1 Å². The lowest BCUT2D eigenvalue weighted by Gasteiger charge is -2.18.